The van der Waals surface area contributed by atoms with Crippen molar-refractivity contribution < 1.29 is 23.9 Å². The molecule has 1 fully saturated rings. The van der Waals surface area contributed by atoms with Gasteiger partial charge in [-0.2, -0.15) is 0 Å². The molecule has 1 aliphatic rings. The predicted octanol–water partition coefficient (Wildman–Crippen LogP) is 1.75. The van der Waals surface area contributed by atoms with Gasteiger partial charge < -0.3 is 14.8 Å². The monoisotopic (exact) mass is 348 g/mol. The van der Waals surface area contributed by atoms with E-state index in [1.54, 1.807) is 25.1 Å². The summed E-state index contributed by atoms with van der Waals surface area (Å²) in [5.74, 6) is -1.06. The number of rotatable bonds is 7. The van der Waals surface area contributed by atoms with Crippen LogP contribution in [0.15, 0.2) is 18.2 Å². The van der Waals surface area contributed by atoms with E-state index in [1.165, 1.54) is 14.2 Å². The van der Waals surface area contributed by atoms with Gasteiger partial charge in [0.15, 0.2) is 0 Å². The molecule has 1 aliphatic carbocycles. The number of benzene rings is 1. The molecule has 2 rings (SSSR count). The van der Waals surface area contributed by atoms with Crippen molar-refractivity contribution in [2.75, 3.05) is 26.1 Å². The fraction of sp³-hybridized carbons (Fsp3) is 0.500. The van der Waals surface area contributed by atoms with Crippen LogP contribution in [-0.2, 0) is 19.1 Å². The third kappa shape index (κ3) is 4.79. The minimum absolute atomic E-state index is 0.0861. The number of nitrogens with zero attached hydrogens (tertiary/aromatic N) is 1. The maximum atomic E-state index is 12.5. The molecule has 1 aromatic carbocycles. The number of methoxy groups -OCH3 is 2. The van der Waals surface area contributed by atoms with Gasteiger partial charge in [0.25, 0.3) is 0 Å². The SMILES string of the molecule is COC(=O)c1ccc(C)c(NC(=O)CN(C2CC2)[C@@H](C)C(=O)OC)c1. The summed E-state index contributed by atoms with van der Waals surface area (Å²) in [4.78, 5) is 37.7. The van der Waals surface area contributed by atoms with Crippen LogP contribution in [0.2, 0.25) is 0 Å². The number of carbonyl (C=O) groups excluding carboxylic acids is 3. The second kappa shape index (κ2) is 8.11. The first-order valence-electron chi connectivity index (χ1n) is 8.19. The van der Waals surface area contributed by atoms with Crippen LogP contribution in [0.25, 0.3) is 0 Å². The number of hydrogen-bond acceptors (Lipinski definition) is 6. The summed E-state index contributed by atoms with van der Waals surface area (Å²) in [6, 6.07) is 4.72. The molecule has 136 valence electrons. The molecule has 7 heteroatoms. The molecule has 1 aromatic rings. The highest BCUT2D eigenvalue weighted by Crippen LogP contribution is 2.29. The first-order chi connectivity index (χ1) is 11.9. The van der Waals surface area contributed by atoms with Crippen LogP contribution in [0.3, 0.4) is 0 Å². The summed E-state index contributed by atoms with van der Waals surface area (Å²) >= 11 is 0. The van der Waals surface area contributed by atoms with Gasteiger partial charge >= 0.3 is 11.9 Å². The zero-order valence-corrected chi connectivity index (χ0v) is 15.0. The maximum absolute atomic E-state index is 12.5. The number of aryl methyl sites for hydroxylation is 1. The number of carbonyl (C=O) groups is 3. The van der Waals surface area contributed by atoms with E-state index in [0.717, 1.165) is 18.4 Å². The van der Waals surface area contributed by atoms with Crippen LogP contribution < -0.4 is 5.32 Å². The van der Waals surface area contributed by atoms with Gasteiger partial charge in [0.1, 0.15) is 6.04 Å². The van der Waals surface area contributed by atoms with E-state index in [9.17, 15) is 14.4 Å². The predicted molar refractivity (Wildman–Crippen MR) is 92.4 cm³/mol. The van der Waals surface area contributed by atoms with Crippen LogP contribution >= 0.6 is 0 Å². The fourth-order valence-corrected chi connectivity index (χ4v) is 2.65. The van der Waals surface area contributed by atoms with Crippen LogP contribution in [0.5, 0.6) is 0 Å². The molecule has 1 atom stereocenters. The zero-order chi connectivity index (χ0) is 18.6. The highest BCUT2D eigenvalue weighted by atomic mass is 16.5. The summed E-state index contributed by atoms with van der Waals surface area (Å²) in [7, 11) is 2.65. The molecule has 0 heterocycles. The van der Waals surface area contributed by atoms with Crippen LogP contribution in [0.1, 0.15) is 35.7 Å². The Morgan fingerprint density at radius 2 is 1.92 bits per heavy atom. The van der Waals surface area contributed by atoms with Gasteiger partial charge in [0, 0.05) is 11.7 Å². The largest absolute Gasteiger partial charge is 0.468 e. The Hall–Kier alpha value is -2.41. The van der Waals surface area contributed by atoms with Crippen molar-refractivity contribution >= 4 is 23.5 Å². The molecule has 1 saturated carbocycles. The van der Waals surface area contributed by atoms with Gasteiger partial charge in [-0.25, -0.2) is 4.79 Å². The molecule has 0 spiro atoms. The van der Waals surface area contributed by atoms with Gasteiger partial charge in [-0.05, 0) is 44.4 Å². The van der Waals surface area contributed by atoms with E-state index >= 15 is 0 Å². The number of ether oxygens (including phenoxy) is 2. The molecule has 0 unspecified atom stereocenters. The van der Waals surface area contributed by atoms with E-state index in [0.29, 0.717) is 11.3 Å². The first-order valence-corrected chi connectivity index (χ1v) is 8.19. The Kier molecular flexibility index (Phi) is 6.14. The highest BCUT2D eigenvalue weighted by molar-refractivity contribution is 5.96. The normalized spacial score (nSPS) is 14.8. The summed E-state index contributed by atoms with van der Waals surface area (Å²) in [6.45, 7) is 3.66. The van der Waals surface area contributed by atoms with Gasteiger partial charge in [0.05, 0.1) is 26.3 Å². The molecule has 25 heavy (non-hydrogen) atoms. The van der Waals surface area contributed by atoms with E-state index in [2.05, 4.69) is 5.32 Å². The number of nitrogens with one attached hydrogen (secondary N) is 1. The van der Waals surface area contributed by atoms with Gasteiger partial charge in [0.2, 0.25) is 5.91 Å². The van der Waals surface area contributed by atoms with Crippen molar-refractivity contribution in [3.05, 3.63) is 29.3 Å². The summed E-state index contributed by atoms with van der Waals surface area (Å²) in [5, 5.41) is 2.81. The van der Waals surface area contributed by atoms with Crippen molar-refractivity contribution in [1.82, 2.24) is 4.90 Å². The van der Waals surface area contributed by atoms with Crippen molar-refractivity contribution in [3.63, 3.8) is 0 Å². The standard InChI is InChI=1S/C18H24N2O5/c1-11-5-6-13(18(23)25-4)9-15(11)19-16(21)10-20(14-7-8-14)12(2)17(22)24-3/h5-6,9,12,14H,7-8,10H2,1-4H3,(H,19,21)/t12-/m0/s1. The first kappa shape index (κ1) is 18.9. The average Bonchev–Trinajstić information content (AvgIpc) is 3.44. The molecule has 7 nitrogen and oxygen atoms in total. The molecule has 0 radical (unpaired) electrons. The van der Waals surface area contributed by atoms with Crippen molar-refractivity contribution in [3.8, 4) is 0 Å². The van der Waals surface area contributed by atoms with Crippen molar-refractivity contribution in [2.45, 2.75) is 38.8 Å². The Bertz CT molecular complexity index is 669. The summed E-state index contributed by atoms with van der Waals surface area (Å²) in [6.07, 6.45) is 1.93. The molecule has 0 saturated heterocycles. The lowest BCUT2D eigenvalue weighted by Gasteiger charge is -2.26. The smallest absolute Gasteiger partial charge is 0.337 e. The lowest BCUT2D eigenvalue weighted by molar-refractivity contribution is -0.146. The van der Waals surface area contributed by atoms with Gasteiger partial charge in [-0.1, -0.05) is 6.07 Å². The van der Waals surface area contributed by atoms with E-state index < -0.39 is 12.0 Å². The third-order valence-corrected chi connectivity index (χ3v) is 4.31. The van der Waals surface area contributed by atoms with Crippen molar-refractivity contribution in [1.29, 1.82) is 0 Å². The Morgan fingerprint density at radius 3 is 2.48 bits per heavy atom. The van der Waals surface area contributed by atoms with E-state index in [1.807, 2.05) is 11.8 Å². The van der Waals surface area contributed by atoms with Crippen molar-refractivity contribution in [2.24, 2.45) is 0 Å². The Morgan fingerprint density at radius 1 is 1.24 bits per heavy atom. The molecule has 0 aromatic heterocycles. The maximum Gasteiger partial charge on any atom is 0.337 e. The molecular formula is C18H24N2O5. The van der Waals surface area contributed by atoms with Crippen LogP contribution in [0.4, 0.5) is 5.69 Å². The molecule has 0 aliphatic heterocycles. The lowest BCUT2D eigenvalue weighted by atomic mass is 10.1. The summed E-state index contributed by atoms with van der Waals surface area (Å²) in [5.41, 5.74) is 1.75. The van der Waals surface area contributed by atoms with Crippen LogP contribution in [-0.4, -0.2) is 55.6 Å². The number of amides is 1. The Labute approximate surface area is 147 Å². The second-order valence-corrected chi connectivity index (χ2v) is 6.17. The lowest BCUT2D eigenvalue weighted by Crippen LogP contribution is -2.45. The molecule has 1 amide bonds. The molecule has 1 N–H and O–H groups in total. The highest BCUT2D eigenvalue weighted by Gasteiger charge is 2.36. The summed E-state index contributed by atoms with van der Waals surface area (Å²) < 4.78 is 9.48. The molecule has 0 bridgehead atoms. The zero-order valence-electron chi connectivity index (χ0n) is 15.0. The average molecular weight is 348 g/mol. The van der Waals surface area contributed by atoms with Gasteiger partial charge in [-0.3, -0.25) is 14.5 Å². The third-order valence-electron chi connectivity index (χ3n) is 4.31. The quantitative estimate of drug-likeness (QED) is 0.756. The minimum atomic E-state index is -0.481. The van der Waals surface area contributed by atoms with E-state index in [4.69, 9.17) is 9.47 Å². The number of esters is 2. The molecular weight excluding hydrogens is 324 g/mol. The van der Waals surface area contributed by atoms with Crippen LogP contribution in [0, 0.1) is 6.92 Å². The topological polar surface area (TPSA) is 84.9 Å². The number of hydrogen-bond donors (Lipinski definition) is 1. The number of anilines is 1. The fourth-order valence-electron chi connectivity index (χ4n) is 2.65. The van der Waals surface area contributed by atoms with E-state index in [-0.39, 0.29) is 24.5 Å². The Balaban J connectivity index is 2.08. The minimum Gasteiger partial charge on any atom is -0.468 e. The van der Waals surface area contributed by atoms with Gasteiger partial charge in [-0.15, -0.1) is 0 Å². The second-order valence-electron chi connectivity index (χ2n) is 6.17.